The lowest BCUT2D eigenvalue weighted by atomic mass is 9.78. The average molecular weight is 212 g/mol. The first-order chi connectivity index (χ1) is 7.09. The quantitative estimate of drug-likeness (QED) is 0.770. The fourth-order valence-electron chi connectivity index (χ4n) is 2.42. The first-order valence-electron chi connectivity index (χ1n) is 5.99. The van der Waals surface area contributed by atoms with Gasteiger partial charge < -0.3 is 10.2 Å². The van der Waals surface area contributed by atoms with Gasteiger partial charge in [0.05, 0.1) is 0 Å². The van der Waals surface area contributed by atoms with Gasteiger partial charge in [0.15, 0.2) is 0 Å². The highest BCUT2D eigenvalue weighted by Crippen LogP contribution is 2.31. The van der Waals surface area contributed by atoms with E-state index in [9.17, 15) is 4.79 Å². The van der Waals surface area contributed by atoms with Crippen LogP contribution >= 0.6 is 0 Å². The summed E-state index contributed by atoms with van der Waals surface area (Å²) in [5, 5.41) is 3.44. The van der Waals surface area contributed by atoms with Gasteiger partial charge >= 0.3 is 0 Å². The molecule has 15 heavy (non-hydrogen) atoms. The second-order valence-electron chi connectivity index (χ2n) is 4.88. The van der Waals surface area contributed by atoms with Crippen LogP contribution in [0.3, 0.4) is 0 Å². The van der Waals surface area contributed by atoms with E-state index in [1.165, 1.54) is 32.1 Å². The Labute approximate surface area is 93.2 Å². The molecule has 0 radical (unpaired) electrons. The van der Waals surface area contributed by atoms with E-state index in [1.807, 2.05) is 21.1 Å². The van der Waals surface area contributed by atoms with Crippen molar-refractivity contribution in [1.82, 2.24) is 10.2 Å². The van der Waals surface area contributed by atoms with Crippen molar-refractivity contribution in [3.8, 4) is 0 Å². The standard InChI is InChI=1S/C12H24N2O/c1-13-12(8-5-4-6-9-12)10-7-11(15)14(2)3/h13H,4-10H2,1-3H3. The highest BCUT2D eigenvalue weighted by Gasteiger charge is 2.30. The summed E-state index contributed by atoms with van der Waals surface area (Å²) in [7, 11) is 5.69. The van der Waals surface area contributed by atoms with Crippen molar-refractivity contribution in [2.75, 3.05) is 21.1 Å². The fraction of sp³-hybridized carbons (Fsp3) is 0.917. The van der Waals surface area contributed by atoms with Gasteiger partial charge in [0.25, 0.3) is 0 Å². The molecule has 0 bridgehead atoms. The van der Waals surface area contributed by atoms with Crippen molar-refractivity contribution in [2.24, 2.45) is 0 Å². The molecule has 0 spiro atoms. The normalized spacial score (nSPS) is 19.9. The topological polar surface area (TPSA) is 32.3 Å². The summed E-state index contributed by atoms with van der Waals surface area (Å²) in [6, 6.07) is 0. The Morgan fingerprint density at radius 2 is 1.87 bits per heavy atom. The summed E-state index contributed by atoms with van der Waals surface area (Å²) < 4.78 is 0. The SMILES string of the molecule is CNC1(CCC(=O)N(C)C)CCCCC1. The number of nitrogens with zero attached hydrogens (tertiary/aromatic N) is 1. The van der Waals surface area contributed by atoms with Gasteiger partial charge in [-0.1, -0.05) is 19.3 Å². The van der Waals surface area contributed by atoms with Crippen LogP contribution in [0, 0.1) is 0 Å². The fourth-order valence-corrected chi connectivity index (χ4v) is 2.42. The number of rotatable bonds is 4. The number of amides is 1. The van der Waals surface area contributed by atoms with Gasteiger partial charge in [0.1, 0.15) is 0 Å². The number of carbonyl (C=O) groups is 1. The Bertz CT molecular complexity index is 208. The van der Waals surface area contributed by atoms with Crippen molar-refractivity contribution in [3.63, 3.8) is 0 Å². The van der Waals surface area contributed by atoms with Gasteiger partial charge in [0, 0.05) is 26.1 Å². The maximum atomic E-state index is 11.5. The van der Waals surface area contributed by atoms with Crippen LogP contribution < -0.4 is 5.32 Å². The molecule has 1 amide bonds. The van der Waals surface area contributed by atoms with Crippen molar-refractivity contribution in [1.29, 1.82) is 0 Å². The van der Waals surface area contributed by atoms with Crippen molar-refractivity contribution in [2.45, 2.75) is 50.5 Å². The minimum Gasteiger partial charge on any atom is -0.349 e. The van der Waals surface area contributed by atoms with Gasteiger partial charge in [-0.25, -0.2) is 0 Å². The third-order valence-electron chi connectivity index (χ3n) is 3.66. The van der Waals surface area contributed by atoms with Crippen LogP contribution in [0.1, 0.15) is 44.9 Å². The van der Waals surface area contributed by atoms with Crippen LogP contribution in [0.4, 0.5) is 0 Å². The molecule has 88 valence electrons. The van der Waals surface area contributed by atoms with Crippen LogP contribution in [-0.2, 0) is 4.79 Å². The monoisotopic (exact) mass is 212 g/mol. The van der Waals surface area contributed by atoms with E-state index < -0.39 is 0 Å². The molecule has 1 aliphatic rings. The minimum atomic E-state index is 0.240. The molecule has 0 aromatic rings. The van der Waals surface area contributed by atoms with Gasteiger partial charge in [-0.05, 0) is 26.3 Å². The van der Waals surface area contributed by atoms with Crippen LogP contribution in [0.15, 0.2) is 0 Å². The van der Waals surface area contributed by atoms with Gasteiger partial charge in [0.2, 0.25) is 5.91 Å². The van der Waals surface area contributed by atoms with Gasteiger partial charge in [-0.3, -0.25) is 4.79 Å². The molecule has 0 aliphatic heterocycles. The largest absolute Gasteiger partial charge is 0.349 e. The third-order valence-corrected chi connectivity index (χ3v) is 3.66. The zero-order valence-electron chi connectivity index (χ0n) is 10.3. The molecule has 1 N–H and O–H groups in total. The van der Waals surface area contributed by atoms with Crippen molar-refractivity contribution < 1.29 is 4.79 Å². The Morgan fingerprint density at radius 3 is 2.33 bits per heavy atom. The van der Waals surface area contributed by atoms with E-state index in [0.29, 0.717) is 6.42 Å². The highest BCUT2D eigenvalue weighted by molar-refractivity contribution is 5.75. The summed E-state index contributed by atoms with van der Waals surface area (Å²) in [4.78, 5) is 13.2. The first-order valence-corrected chi connectivity index (χ1v) is 5.99. The highest BCUT2D eigenvalue weighted by atomic mass is 16.2. The van der Waals surface area contributed by atoms with Gasteiger partial charge in [-0.15, -0.1) is 0 Å². The molecule has 0 aromatic carbocycles. The first kappa shape index (κ1) is 12.5. The maximum Gasteiger partial charge on any atom is 0.222 e. The summed E-state index contributed by atoms with van der Waals surface area (Å²) in [5.41, 5.74) is 0.240. The molecule has 0 atom stereocenters. The molecule has 0 aromatic heterocycles. The molecule has 1 saturated carbocycles. The molecular weight excluding hydrogens is 188 g/mol. The van der Waals surface area contributed by atoms with Crippen LogP contribution in [0.25, 0.3) is 0 Å². The molecule has 3 nitrogen and oxygen atoms in total. The summed E-state index contributed by atoms with van der Waals surface area (Å²) in [6.45, 7) is 0. The number of nitrogens with one attached hydrogen (secondary N) is 1. The number of carbonyl (C=O) groups excluding carboxylic acids is 1. The van der Waals surface area contributed by atoms with E-state index in [4.69, 9.17) is 0 Å². The van der Waals surface area contributed by atoms with Crippen LogP contribution in [0.5, 0.6) is 0 Å². The molecule has 1 aliphatic carbocycles. The summed E-state index contributed by atoms with van der Waals surface area (Å²) >= 11 is 0. The predicted molar refractivity (Wildman–Crippen MR) is 62.8 cm³/mol. The lowest BCUT2D eigenvalue weighted by molar-refractivity contribution is -0.129. The van der Waals surface area contributed by atoms with E-state index in [0.717, 1.165) is 6.42 Å². The Morgan fingerprint density at radius 1 is 1.27 bits per heavy atom. The van der Waals surface area contributed by atoms with E-state index in [-0.39, 0.29) is 11.4 Å². The predicted octanol–water partition coefficient (Wildman–Crippen LogP) is 1.78. The second-order valence-corrected chi connectivity index (χ2v) is 4.88. The number of hydrogen-bond donors (Lipinski definition) is 1. The van der Waals surface area contributed by atoms with E-state index in [1.54, 1.807) is 4.90 Å². The average Bonchev–Trinajstić information content (AvgIpc) is 2.27. The third kappa shape index (κ3) is 3.49. The molecule has 1 rings (SSSR count). The molecule has 0 saturated heterocycles. The minimum absolute atomic E-state index is 0.240. The lowest BCUT2D eigenvalue weighted by Crippen LogP contribution is -2.45. The van der Waals surface area contributed by atoms with Crippen molar-refractivity contribution in [3.05, 3.63) is 0 Å². The zero-order valence-corrected chi connectivity index (χ0v) is 10.3. The van der Waals surface area contributed by atoms with Crippen LogP contribution in [0.2, 0.25) is 0 Å². The lowest BCUT2D eigenvalue weighted by Gasteiger charge is -2.37. The van der Waals surface area contributed by atoms with Crippen molar-refractivity contribution >= 4 is 5.91 Å². The Balaban J connectivity index is 2.42. The molecule has 3 heteroatoms. The van der Waals surface area contributed by atoms with E-state index in [2.05, 4.69) is 5.32 Å². The molecule has 0 unspecified atom stereocenters. The summed E-state index contributed by atoms with van der Waals surface area (Å²) in [6.07, 6.45) is 8.07. The summed E-state index contributed by atoms with van der Waals surface area (Å²) in [5.74, 6) is 0.246. The zero-order chi connectivity index (χ0) is 11.3. The Hall–Kier alpha value is -0.570. The Kier molecular flexibility index (Phi) is 4.58. The smallest absolute Gasteiger partial charge is 0.222 e. The number of hydrogen-bond acceptors (Lipinski definition) is 2. The van der Waals surface area contributed by atoms with E-state index >= 15 is 0 Å². The molecular formula is C12H24N2O. The second kappa shape index (κ2) is 5.50. The molecule has 0 heterocycles. The van der Waals surface area contributed by atoms with Gasteiger partial charge in [-0.2, -0.15) is 0 Å². The maximum absolute atomic E-state index is 11.5. The van der Waals surface area contributed by atoms with Crippen LogP contribution in [-0.4, -0.2) is 37.5 Å². The molecule has 1 fully saturated rings.